The number of carbonyl (C=O) groups is 2. The van der Waals surface area contributed by atoms with Crippen LogP contribution in [-0.4, -0.2) is 65.8 Å². The summed E-state index contributed by atoms with van der Waals surface area (Å²) in [5.41, 5.74) is 2.08. The molecule has 0 saturated carbocycles. The summed E-state index contributed by atoms with van der Waals surface area (Å²) in [6.45, 7) is 4.60. The van der Waals surface area contributed by atoms with E-state index in [1.54, 1.807) is 54.9 Å². The highest BCUT2D eigenvalue weighted by molar-refractivity contribution is 7.17. The molecule has 3 atom stereocenters. The third-order valence-electron chi connectivity index (χ3n) is 7.53. The summed E-state index contributed by atoms with van der Waals surface area (Å²) >= 11 is 1.34. The number of carbonyl (C=O) groups excluding carboxylic acids is 1. The number of amides is 2. The monoisotopic (exact) mass is 567 g/mol. The zero-order valence-corrected chi connectivity index (χ0v) is 23.1. The number of nitrogens with zero attached hydrogens (tertiary/aromatic N) is 4. The normalized spacial score (nSPS) is 24.2. The summed E-state index contributed by atoms with van der Waals surface area (Å²) < 4.78 is 21.4. The lowest BCUT2D eigenvalue weighted by atomic mass is 9.68. The van der Waals surface area contributed by atoms with E-state index in [2.05, 4.69) is 25.9 Å². The van der Waals surface area contributed by atoms with E-state index in [0.717, 1.165) is 0 Å². The third kappa shape index (κ3) is 4.54. The Morgan fingerprint density at radius 3 is 2.92 bits per heavy atom. The molecule has 1 aromatic carbocycles. The molecule has 1 saturated heterocycles. The second-order valence-electron chi connectivity index (χ2n) is 9.80. The summed E-state index contributed by atoms with van der Waals surface area (Å²) in [6.07, 6.45) is 6.76. The van der Waals surface area contributed by atoms with Crippen LogP contribution in [0.3, 0.4) is 0 Å². The molecule has 0 aliphatic carbocycles. The molecule has 4 heterocycles. The molecule has 11 nitrogen and oxygen atoms in total. The molecule has 3 aromatic rings. The number of ether oxygens (including phenoxy) is 1. The van der Waals surface area contributed by atoms with Crippen LogP contribution in [0.4, 0.5) is 14.9 Å². The number of hydrogen-bond donors (Lipinski definition) is 4. The first-order valence-corrected chi connectivity index (χ1v) is 13.7. The number of urea groups is 1. The van der Waals surface area contributed by atoms with Crippen molar-refractivity contribution in [3.8, 4) is 17.0 Å². The van der Waals surface area contributed by atoms with Crippen molar-refractivity contribution in [2.45, 2.75) is 26.1 Å². The fourth-order valence-electron chi connectivity index (χ4n) is 5.43. The molecule has 2 aliphatic heterocycles. The van der Waals surface area contributed by atoms with Crippen molar-refractivity contribution in [3.05, 3.63) is 48.0 Å². The summed E-state index contributed by atoms with van der Waals surface area (Å²) in [5, 5.41) is 19.4. The van der Waals surface area contributed by atoms with Gasteiger partial charge in [0.2, 0.25) is 5.79 Å². The van der Waals surface area contributed by atoms with Crippen LogP contribution in [0.5, 0.6) is 5.75 Å². The molecule has 13 heteroatoms. The molecule has 0 bridgehead atoms. The molecule has 210 valence electrons. The second kappa shape index (κ2) is 10.8. The topological polar surface area (TPSA) is 141 Å². The molecular weight excluding hydrogens is 537 g/mol. The van der Waals surface area contributed by atoms with Crippen molar-refractivity contribution in [1.82, 2.24) is 25.9 Å². The van der Waals surface area contributed by atoms with Crippen molar-refractivity contribution >= 4 is 45.5 Å². The molecule has 3 unspecified atom stereocenters. The van der Waals surface area contributed by atoms with E-state index in [9.17, 15) is 14.7 Å². The van der Waals surface area contributed by atoms with Crippen molar-refractivity contribution in [2.75, 3.05) is 31.6 Å². The number of aliphatic imine (C=N–C) groups is 1. The Bertz CT molecular complexity index is 1510. The summed E-state index contributed by atoms with van der Waals surface area (Å²) in [7, 11) is 1.39. The first-order valence-electron chi connectivity index (χ1n) is 12.8. The summed E-state index contributed by atoms with van der Waals surface area (Å²) in [6, 6.07) is 4.49. The van der Waals surface area contributed by atoms with E-state index >= 15 is 4.39 Å². The largest absolute Gasteiger partial charge is 0.494 e. The number of rotatable bonds is 7. The van der Waals surface area contributed by atoms with Crippen LogP contribution in [-0.2, 0) is 4.79 Å². The molecule has 4 N–H and O–H groups in total. The van der Waals surface area contributed by atoms with Gasteiger partial charge in [-0.15, -0.1) is 11.3 Å². The van der Waals surface area contributed by atoms with E-state index in [1.165, 1.54) is 30.7 Å². The standard InChI is InChI=1S/C27H30FN7O4S/c1-4-30-25(38)34-27(20-14-29-10-7-26(20,2)24(36)37)33-8-5-11-35(27)16-12-17(23-18(13-16)32-15-40-23)22-21(28)19(39-3)6-9-31-22/h5-6,8-9,11-13,15,20,29H,4,7,10,14H2,1-3H3,(H,36,37)(H2,30,34,38). The Hall–Kier alpha value is -4.10. The van der Waals surface area contributed by atoms with Crippen LogP contribution in [0.25, 0.3) is 21.5 Å². The van der Waals surface area contributed by atoms with Crippen LogP contribution in [0.2, 0.25) is 0 Å². The number of nitrogens with one attached hydrogen (secondary N) is 3. The third-order valence-corrected chi connectivity index (χ3v) is 8.41. The molecule has 2 amide bonds. The number of hydrogen-bond acceptors (Lipinski definition) is 9. The van der Waals surface area contributed by atoms with Crippen LogP contribution < -0.4 is 25.6 Å². The van der Waals surface area contributed by atoms with Crippen LogP contribution in [0.1, 0.15) is 20.3 Å². The number of halogens is 1. The molecule has 1 fully saturated rings. The molecular formula is C27H30FN7O4S. The minimum Gasteiger partial charge on any atom is -0.494 e. The van der Waals surface area contributed by atoms with Gasteiger partial charge in [0.1, 0.15) is 5.69 Å². The number of thiazole rings is 1. The van der Waals surface area contributed by atoms with Crippen molar-refractivity contribution in [3.63, 3.8) is 0 Å². The van der Waals surface area contributed by atoms with Gasteiger partial charge in [0.25, 0.3) is 0 Å². The molecule has 2 aromatic heterocycles. The zero-order chi connectivity index (χ0) is 28.5. The Balaban J connectivity index is 1.73. The van der Waals surface area contributed by atoms with Gasteiger partial charge in [0.05, 0.1) is 34.2 Å². The first kappa shape index (κ1) is 27.5. The van der Waals surface area contributed by atoms with Gasteiger partial charge in [-0.25, -0.2) is 19.2 Å². The summed E-state index contributed by atoms with van der Waals surface area (Å²) in [5.74, 6) is -3.81. The number of fused-ring (bicyclic) bond motifs is 1. The van der Waals surface area contributed by atoms with Gasteiger partial charge in [0, 0.05) is 49.0 Å². The highest BCUT2D eigenvalue weighted by Gasteiger charge is 2.57. The zero-order valence-electron chi connectivity index (χ0n) is 22.3. The minimum atomic E-state index is -1.55. The SMILES string of the molecule is CCNC(=O)NC1(C2CNCCC2(C)C(=O)O)N=CC=CN1c1cc(-c2nccc(OC)c2F)c2scnc2c1. The highest BCUT2D eigenvalue weighted by Crippen LogP contribution is 2.46. The number of aliphatic carboxylic acids is 1. The number of carboxylic acids is 1. The molecule has 40 heavy (non-hydrogen) atoms. The maximum absolute atomic E-state index is 15.5. The number of piperidine rings is 1. The summed E-state index contributed by atoms with van der Waals surface area (Å²) in [4.78, 5) is 41.1. The highest BCUT2D eigenvalue weighted by atomic mass is 32.1. The van der Waals surface area contributed by atoms with E-state index < -0.39 is 34.9 Å². The maximum Gasteiger partial charge on any atom is 0.318 e. The average Bonchev–Trinajstić information content (AvgIpc) is 3.42. The van der Waals surface area contributed by atoms with Gasteiger partial charge in [-0.3, -0.25) is 15.1 Å². The van der Waals surface area contributed by atoms with Gasteiger partial charge in [-0.05, 0) is 45.0 Å². The first-order chi connectivity index (χ1) is 19.2. The smallest absolute Gasteiger partial charge is 0.318 e. The van der Waals surface area contributed by atoms with Crippen LogP contribution >= 0.6 is 11.3 Å². The Labute approximate surface area is 234 Å². The lowest BCUT2D eigenvalue weighted by Gasteiger charge is -2.52. The van der Waals surface area contributed by atoms with Gasteiger partial charge in [0.15, 0.2) is 11.6 Å². The Morgan fingerprint density at radius 1 is 1.35 bits per heavy atom. The van der Waals surface area contributed by atoms with Gasteiger partial charge in [-0.2, -0.15) is 0 Å². The molecule has 0 spiro atoms. The Morgan fingerprint density at radius 2 is 2.17 bits per heavy atom. The number of methoxy groups -OCH3 is 1. The molecule has 0 radical (unpaired) electrons. The molecule has 2 aliphatic rings. The van der Waals surface area contributed by atoms with Gasteiger partial charge >= 0.3 is 12.0 Å². The van der Waals surface area contributed by atoms with Crippen LogP contribution in [0, 0.1) is 17.2 Å². The van der Waals surface area contributed by atoms with E-state index in [4.69, 9.17) is 9.73 Å². The number of pyridine rings is 1. The predicted octanol–water partition coefficient (Wildman–Crippen LogP) is 3.58. The Kier molecular flexibility index (Phi) is 7.43. The number of benzene rings is 1. The average molecular weight is 568 g/mol. The van der Waals surface area contributed by atoms with Crippen molar-refractivity contribution < 1.29 is 23.8 Å². The van der Waals surface area contributed by atoms with Gasteiger partial charge in [-0.1, -0.05) is 0 Å². The lowest BCUT2D eigenvalue weighted by Crippen LogP contribution is -2.71. The van der Waals surface area contributed by atoms with Crippen molar-refractivity contribution in [2.24, 2.45) is 16.3 Å². The van der Waals surface area contributed by atoms with Crippen LogP contribution in [0.15, 0.2) is 47.2 Å². The fraction of sp³-hybridized carbons (Fsp3) is 0.370. The number of anilines is 1. The fourth-order valence-corrected chi connectivity index (χ4v) is 6.21. The number of allylic oxidation sites excluding steroid dienone is 1. The van der Waals surface area contributed by atoms with E-state index in [0.29, 0.717) is 41.0 Å². The number of aromatic nitrogens is 2. The maximum atomic E-state index is 15.5. The second-order valence-corrected chi connectivity index (χ2v) is 10.7. The lowest BCUT2D eigenvalue weighted by molar-refractivity contribution is -0.155. The van der Waals surface area contributed by atoms with E-state index in [-0.39, 0.29) is 18.0 Å². The van der Waals surface area contributed by atoms with Gasteiger partial charge < -0.3 is 25.4 Å². The quantitative estimate of drug-likeness (QED) is 0.340. The minimum absolute atomic E-state index is 0.0493. The van der Waals surface area contributed by atoms with Crippen molar-refractivity contribution in [1.29, 1.82) is 0 Å². The molecule has 5 rings (SSSR count). The predicted molar refractivity (Wildman–Crippen MR) is 151 cm³/mol. The van der Waals surface area contributed by atoms with E-state index in [1.807, 2.05) is 0 Å². The number of carboxylic acid groups (broad SMARTS) is 1.